The van der Waals surface area contributed by atoms with Crippen molar-refractivity contribution >= 4 is 39.9 Å². The predicted molar refractivity (Wildman–Crippen MR) is 108 cm³/mol. The summed E-state index contributed by atoms with van der Waals surface area (Å²) in [5, 5.41) is 21.6. The van der Waals surface area contributed by atoms with Gasteiger partial charge in [0.25, 0.3) is 17.7 Å². The van der Waals surface area contributed by atoms with E-state index >= 15 is 0 Å². The maximum Gasteiger partial charge on any atom is 1.00 e. The monoisotopic (exact) mass is 501 g/mol. The number of phenols is 1. The molecule has 0 spiro atoms. The van der Waals surface area contributed by atoms with Crippen molar-refractivity contribution in [2.45, 2.75) is 43.4 Å². The summed E-state index contributed by atoms with van der Waals surface area (Å²) in [6.45, 7) is 0.172. The van der Waals surface area contributed by atoms with Crippen molar-refractivity contribution < 1.29 is 71.7 Å². The molecule has 1 aliphatic heterocycles. The summed E-state index contributed by atoms with van der Waals surface area (Å²) < 4.78 is 33.4. The Labute approximate surface area is 217 Å². The standard InChI is InChI=1S/C20H21N3O9S.Na/c21-12-14(10-13-5-6-15(24)16(11-13)33(29,30)31)20(28)22-9-3-1-2-4-19(27)32-23-17(25)7-8-18(23)26;/h5-6,10-11,24H,1-4,7-9H2,(H,22,28)(H,29,30,31);/q;+1/p-1/b14-10+;. The van der Waals surface area contributed by atoms with E-state index in [9.17, 15) is 42.5 Å². The van der Waals surface area contributed by atoms with Crippen LogP contribution in [0.25, 0.3) is 6.08 Å². The molecule has 0 aliphatic carbocycles. The molecular weight excluding hydrogens is 481 g/mol. The number of hydrogen-bond acceptors (Lipinski definition) is 10. The van der Waals surface area contributed by atoms with Gasteiger partial charge < -0.3 is 19.8 Å². The first kappa shape index (κ1) is 29.3. The molecular formula is C20H20N3NaO9S. The number of nitriles is 1. The van der Waals surface area contributed by atoms with E-state index in [1.165, 1.54) is 6.07 Å². The van der Waals surface area contributed by atoms with Crippen LogP contribution in [0, 0.1) is 11.3 Å². The van der Waals surface area contributed by atoms with Crippen LogP contribution in [0.3, 0.4) is 0 Å². The molecule has 1 aliphatic rings. The zero-order valence-electron chi connectivity index (χ0n) is 18.3. The van der Waals surface area contributed by atoms with Crippen molar-refractivity contribution in [1.29, 1.82) is 5.26 Å². The summed E-state index contributed by atoms with van der Waals surface area (Å²) in [5.41, 5.74) is -0.291. The molecule has 1 saturated heterocycles. The van der Waals surface area contributed by atoms with Gasteiger partial charge in [0.2, 0.25) is 0 Å². The van der Waals surface area contributed by atoms with E-state index in [1.807, 2.05) is 0 Å². The zero-order valence-corrected chi connectivity index (χ0v) is 21.1. The SMILES string of the molecule is N#C/C(=C\c1ccc(O)c(S(=O)(=O)[O-])c1)C(=O)NCCCCCC(=O)ON1C(=O)CCC1=O.[Na+]. The molecule has 0 saturated carbocycles. The normalized spacial score (nSPS) is 13.8. The Kier molecular flexibility index (Phi) is 11.4. The van der Waals surface area contributed by atoms with Crippen LogP contribution in [-0.4, -0.2) is 53.4 Å². The second kappa shape index (κ2) is 13.2. The number of aromatic hydroxyl groups is 1. The topological polar surface area (TPSA) is 194 Å². The Bertz CT molecular complexity index is 1130. The molecule has 14 heteroatoms. The molecule has 2 N–H and O–H groups in total. The van der Waals surface area contributed by atoms with Gasteiger partial charge in [-0.1, -0.05) is 12.5 Å². The Balaban J connectivity index is 0.00000578. The molecule has 2 rings (SSSR count). The van der Waals surface area contributed by atoms with Crippen LogP contribution in [0.15, 0.2) is 28.7 Å². The minimum Gasteiger partial charge on any atom is -0.744 e. The summed E-state index contributed by atoms with van der Waals surface area (Å²) in [5.74, 6) is -3.31. The van der Waals surface area contributed by atoms with Gasteiger partial charge in [0.1, 0.15) is 27.5 Å². The summed E-state index contributed by atoms with van der Waals surface area (Å²) in [6, 6.07) is 4.72. The molecule has 176 valence electrons. The number of benzene rings is 1. The van der Waals surface area contributed by atoms with Gasteiger partial charge in [-0.25, -0.2) is 13.2 Å². The number of carbonyl (C=O) groups is 4. The third-order valence-corrected chi connectivity index (χ3v) is 5.34. The van der Waals surface area contributed by atoms with Crippen LogP contribution >= 0.6 is 0 Å². The number of nitrogens with zero attached hydrogens (tertiary/aromatic N) is 2. The fraction of sp³-hybridized carbons (Fsp3) is 0.350. The summed E-state index contributed by atoms with van der Waals surface area (Å²) in [4.78, 5) is 50.4. The van der Waals surface area contributed by atoms with Gasteiger partial charge in [-0.3, -0.25) is 14.4 Å². The number of unbranched alkanes of at least 4 members (excludes halogenated alkanes) is 2. The molecule has 3 amide bonds. The number of hydrogen-bond donors (Lipinski definition) is 2. The molecule has 1 heterocycles. The van der Waals surface area contributed by atoms with E-state index in [0.29, 0.717) is 24.3 Å². The first-order valence-electron chi connectivity index (χ1n) is 9.78. The van der Waals surface area contributed by atoms with Gasteiger partial charge in [0, 0.05) is 25.8 Å². The van der Waals surface area contributed by atoms with E-state index < -0.39 is 44.5 Å². The van der Waals surface area contributed by atoms with Crippen LogP contribution in [0.5, 0.6) is 5.75 Å². The number of amides is 3. The van der Waals surface area contributed by atoms with E-state index in [-0.39, 0.29) is 66.5 Å². The van der Waals surface area contributed by atoms with E-state index in [1.54, 1.807) is 6.07 Å². The first-order chi connectivity index (χ1) is 15.5. The van der Waals surface area contributed by atoms with Gasteiger partial charge in [-0.15, -0.1) is 5.06 Å². The van der Waals surface area contributed by atoms with Crippen molar-refractivity contribution in [3.8, 4) is 11.8 Å². The van der Waals surface area contributed by atoms with E-state index in [4.69, 9.17) is 4.84 Å². The van der Waals surface area contributed by atoms with E-state index in [0.717, 1.165) is 18.2 Å². The van der Waals surface area contributed by atoms with Crippen LogP contribution in [0.1, 0.15) is 44.1 Å². The maximum absolute atomic E-state index is 12.1. The summed E-state index contributed by atoms with van der Waals surface area (Å²) >= 11 is 0. The van der Waals surface area contributed by atoms with Crippen molar-refractivity contribution in [1.82, 2.24) is 10.4 Å². The average molecular weight is 501 g/mol. The fourth-order valence-electron chi connectivity index (χ4n) is 2.81. The second-order valence-corrected chi connectivity index (χ2v) is 8.31. The third-order valence-electron chi connectivity index (χ3n) is 4.47. The second-order valence-electron chi connectivity index (χ2n) is 6.96. The van der Waals surface area contributed by atoms with Gasteiger partial charge in [-0.2, -0.15) is 5.26 Å². The molecule has 0 unspecified atom stereocenters. The molecule has 1 aromatic carbocycles. The summed E-state index contributed by atoms with van der Waals surface area (Å²) in [6.07, 6.45) is 2.40. The van der Waals surface area contributed by atoms with Crippen LogP contribution in [0.4, 0.5) is 0 Å². The molecule has 0 aromatic heterocycles. The Morgan fingerprint density at radius 1 is 1.21 bits per heavy atom. The molecule has 0 atom stereocenters. The first-order valence-corrected chi connectivity index (χ1v) is 11.2. The zero-order chi connectivity index (χ0) is 24.6. The molecule has 34 heavy (non-hydrogen) atoms. The quantitative estimate of drug-likeness (QED) is 0.0863. The Morgan fingerprint density at radius 2 is 1.85 bits per heavy atom. The molecule has 0 bridgehead atoms. The number of imide groups is 1. The largest absolute Gasteiger partial charge is 1.00 e. The Hall–Kier alpha value is -2.76. The molecule has 0 radical (unpaired) electrons. The van der Waals surface area contributed by atoms with Gasteiger partial charge in [0.05, 0.1) is 4.90 Å². The van der Waals surface area contributed by atoms with Crippen molar-refractivity contribution in [2.24, 2.45) is 0 Å². The van der Waals surface area contributed by atoms with Crippen molar-refractivity contribution in [2.75, 3.05) is 6.54 Å². The van der Waals surface area contributed by atoms with Crippen LogP contribution < -0.4 is 34.9 Å². The Morgan fingerprint density at radius 3 is 2.44 bits per heavy atom. The minimum absolute atomic E-state index is 0. The number of carbonyl (C=O) groups excluding carboxylic acids is 4. The average Bonchev–Trinajstić information content (AvgIpc) is 3.06. The summed E-state index contributed by atoms with van der Waals surface area (Å²) in [7, 11) is -4.94. The molecule has 1 fully saturated rings. The van der Waals surface area contributed by atoms with Gasteiger partial charge in [0.15, 0.2) is 0 Å². The number of nitrogens with one attached hydrogen (secondary N) is 1. The van der Waals surface area contributed by atoms with E-state index in [2.05, 4.69) is 5.32 Å². The van der Waals surface area contributed by atoms with Crippen molar-refractivity contribution in [3.63, 3.8) is 0 Å². The minimum atomic E-state index is -4.94. The molecule has 12 nitrogen and oxygen atoms in total. The van der Waals surface area contributed by atoms with Crippen LogP contribution in [-0.2, 0) is 34.1 Å². The third kappa shape index (κ3) is 8.54. The fourth-order valence-corrected chi connectivity index (χ4v) is 3.41. The number of phenolic OH excluding ortho intramolecular Hbond substituents is 1. The maximum atomic E-state index is 12.1. The van der Waals surface area contributed by atoms with Gasteiger partial charge >= 0.3 is 35.5 Å². The number of hydroxylamine groups is 2. The molecule has 1 aromatic rings. The van der Waals surface area contributed by atoms with Crippen LogP contribution in [0.2, 0.25) is 0 Å². The smallest absolute Gasteiger partial charge is 0.744 e. The predicted octanol–water partition coefficient (Wildman–Crippen LogP) is -2.51. The number of rotatable bonds is 10. The van der Waals surface area contributed by atoms with Gasteiger partial charge in [-0.05, 0) is 36.6 Å². The van der Waals surface area contributed by atoms with Crippen molar-refractivity contribution in [3.05, 3.63) is 29.3 Å².